The van der Waals surface area contributed by atoms with Gasteiger partial charge >= 0.3 is 0 Å². The maximum absolute atomic E-state index is 12.4. The molecule has 1 fully saturated rings. The summed E-state index contributed by atoms with van der Waals surface area (Å²) in [6, 6.07) is 13.3. The molecule has 1 amide bonds. The SMILES string of the molecule is C[C@@H](O)[C@H]1C(=O)N2C(C(=O)[O-])=C(c3ccccc3C[n+]3ccccc3)S[C@H]12. The van der Waals surface area contributed by atoms with Crippen LogP contribution < -0.4 is 9.67 Å². The molecule has 1 aromatic carbocycles. The van der Waals surface area contributed by atoms with E-state index >= 15 is 0 Å². The molecule has 7 heteroatoms. The Bertz CT molecular complexity index is 942. The van der Waals surface area contributed by atoms with E-state index in [1.807, 2.05) is 59.4 Å². The van der Waals surface area contributed by atoms with Gasteiger partial charge in [0.05, 0.1) is 23.7 Å². The van der Waals surface area contributed by atoms with Gasteiger partial charge in [-0.15, -0.1) is 0 Å². The summed E-state index contributed by atoms with van der Waals surface area (Å²) in [5.41, 5.74) is 1.61. The average Bonchev–Trinajstić information content (AvgIpc) is 2.98. The molecule has 1 N–H and O–H groups in total. The fourth-order valence-electron chi connectivity index (χ4n) is 3.58. The lowest BCUT2D eigenvalue weighted by molar-refractivity contribution is -0.688. The molecule has 2 aromatic rings. The van der Waals surface area contributed by atoms with Crippen molar-refractivity contribution in [3.63, 3.8) is 0 Å². The van der Waals surface area contributed by atoms with Crippen molar-refractivity contribution in [2.45, 2.75) is 24.9 Å². The van der Waals surface area contributed by atoms with Gasteiger partial charge in [0.1, 0.15) is 5.37 Å². The van der Waals surface area contributed by atoms with Gasteiger partial charge in [0.15, 0.2) is 18.9 Å². The fourth-order valence-corrected chi connectivity index (χ4v) is 5.24. The number of aliphatic carboxylic acids is 1. The smallest absolute Gasteiger partial charge is 0.236 e. The maximum Gasteiger partial charge on any atom is 0.236 e. The molecule has 0 unspecified atom stereocenters. The highest BCUT2D eigenvalue weighted by molar-refractivity contribution is 8.09. The summed E-state index contributed by atoms with van der Waals surface area (Å²) in [5.74, 6) is -2.34. The number of β-lactam (4-membered cyclic amide) rings is 1. The number of fused-ring (bicyclic) bond motifs is 1. The van der Waals surface area contributed by atoms with E-state index in [1.54, 1.807) is 6.92 Å². The van der Waals surface area contributed by atoms with E-state index in [-0.39, 0.29) is 11.6 Å². The quantitative estimate of drug-likeness (QED) is 0.596. The monoisotopic (exact) mass is 382 g/mol. The highest BCUT2D eigenvalue weighted by Crippen LogP contribution is 2.53. The average molecular weight is 382 g/mol. The number of carboxylic acid groups (broad SMARTS) is 1. The second kappa shape index (κ2) is 6.83. The van der Waals surface area contributed by atoms with Crippen molar-refractivity contribution in [1.82, 2.24) is 4.90 Å². The number of benzene rings is 1. The minimum absolute atomic E-state index is 0.0996. The molecule has 6 nitrogen and oxygen atoms in total. The third-order valence-corrected chi connectivity index (χ3v) is 6.28. The van der Waals surface area contributed by atoms with Crippen LogP contribution in [0.4, 0.5) is 0 Å². The van der Waals surface area contributed by atoms with Gasteiger partial charge in [0.2, 0.25) is 5.91 Å². The van der Waals surface area contributed by atoms with Crippen molar-refractivity contribution in [2.24, 2.45) is 5.92 Å². The van der Waals surface area contributed by atoms with Gasteiger partial charge in [-0.25, -0.2) is 4.57 Å². The molecule has 27 heavy (non-hydrogen) atoms. The molecule has 3 heterocycles. The summed E-state index contributed by atoms with van der Waals surface area (Å²) < 4.78 is 2.00. The van der Waals surface area contributed by atoms with Crippen LogP contribution in [0.5, 0.6) is 0 Å². The molecule has 0 saturated carbocycles. The van der Waals surface area contributed by atoms with Crippen LogP contribution in [0.25, 0.3) is 4.91 Å². The van der Waals surface area contributed by atoms with E-state index in [0.29, 0.717) is 11.4 Å². The maximum atomic E-state index is 12.4. The second-order valence-corrected chi connectivity index (χ2v) is 7.78. The molecule has 0 bridgehead atoms. The molecular weight excluding hydrogens is 364 g/mol. The molecule has 2 aliphatic heterocycles. The van der Waals surface area contributed by atoms with E-state index in [4.69, 9.17) is 0 Å². The van der Waals surface area contributed by atoms with E-state index in [2.05, 4.69) is 0 Å². The third kappa shape index (κ3) is 2.93. The summed E-state index contributed by atoms with van der Waals surface area (Å²) in [7, 11) is 0. The number of thioether (sulfide) groups is 1. The first-order chi connectivity index (χ1) is 13.0. The Morgan fingerprint density at radius 1 is 1.26 bits per heavy atom. The highest BCUT2D eigenvalue weighted by Gasteiger charge is 2.56. The second-order valence-electron chi connectivity index (χ2n) is 6.65. The standard InChI is InChI=1S/C20H18N2O4S/c1-12(23)15-18(24)22-16(20(25)26)17(27-19(15)22)14-8-4-3-7-13(14)11-21-9-5-2-6-10-21/h2-10,12,15,19,23H,11H2,1H3/t12-,15+,19-/m1/s1. The largest absolute Gasteiger partial charge is 0.543 e. The van der Waals surface area contributed by atoms with E-state index in [0.717, 1.165) is 11.1 Å². The van der Waals surface area contributed by atoms with Crippen LogP contribution in [0, 0.1) is 5.92 Å². The molecule has 0 aliphatic carbocycles. The van der Waals surface area contributed by atoms with Gasteiger partial charge < -0.3 is 15.0 Å². The van der Waals surface area contributed by atoms with Crippen molar-refractivity contribution in [1.29, 1.82) is 0 Å². The lowest BCUT2D eigenvalue weighted by Gasteiger charge is -2.44. The van der Waals surface area contributed by atoms with Crippen molar-refractivity contribution in [3.8, 4) is 0 Å². The van der Waals surface area contributed by atoms with Gasteiger partial charge in [-0.2, -0.15) is 0 Å². The minimum atomic E-state index is -1.38. The van der Waals surface area contributed by atoms with Crippen LogP contribution >= 0.6 is 11.8 Å². The topological polar surface area (TPSA) is 84.5 Å². The number of rotatable bonds is 5. The van der Waals surface area contributed by atoms with Gasteiger partial charge in [-0.1, -0.05) is 42.1 Å². The Morgan fingerprint density at radius 3 is 2.63 bits per heavy atom. The lowest BCUT2D eigenvalue weighted by Crippen LogP contribution is -2.61. The zero-order chi connectivity index (χ0) is 19.1. The molecule has 138 valence electrons. The summed E-state index contributed by atoms with van der Waals surface area (Å²) in [6.07, 6.45) is 3.04. The van der Waals surface area contributed by atoms with Crippen LogP contribution in [-0.4, -0.2) is 33.4 Å². The number of carbonyl (C=O) groups is 2. The van der Waals surface area contributed by atoms with E-state index in [1.165, 1.54) is 16.7 Å². The van der Waals surface area contributed by atoms with Crippen LogP contribution in [0.15, 0.2) is 60.6 Å². The molecule has 3 atom stereocenters. The first-order valence-electron chi connectivity index (χ1n) is 8.65. The number of hydrogen-bond donors (Lipinski definition) is 1. The van der Waals surface area contributed by atoms with Crippen molar-refractivity contribution in [3.05, 3.63) is 71.7 Å². The predicted octanol–water partition coefficient (Wildman–Crippen LogP) is 0.353. The summed E-state index contributed by atoms with van der Waals surface area (Å²) >= 11 is 1.31. The summed E-state index contributed by atoms with van der Waals surface area (Å²) in [4.78, 5) is 26.0. The molecular formula is C20H18N2O4S. The Balaban J connectivity index is 1.75. The van der Waals surface area contributed by atoms with Crippen LogP contribution in [0.1, 0.15) is 18.1 Å². The number of carbonyl (C=O) groups excluding carboxylic acids is 2. The first kappa shape index (κ1) is 17.8. The number of hydrogen-bond acceptors (Lipinski definition) is 5. The number of aromatic nitrogens is 1. The number of nitrogens with zero attached hydrogens (tertiary/aromatic N) is 2. The van der Waals surface area contributed by atoms with Crippen molar-refractivity contribution >= 4 is 28.5 Å². The molecule has 0 radical (unpaired) electrons. The van der Waals surface area contributed by atoms with Crippen molar-refractivity contribution < 1.29 is 24.4 Å². The fraction of sp³-hybridized carbons (Fsp3) is 0.250. The third-order valence-electron chi connectivity index (χ3n) is 4.88. The highest BCUT2D eigenvalue weighted by atomic mass is 32.2. The zero-order valence-corrected chi connectivity index (χ0v) is 15.4. The Morgan fingerprint density at radius 2 is 1.96 bits per heavy atom. The summed E-state index contributed by atoms with van der Waals surface area (Å²) in [5, 5.41) is 21.3. The lowest BCUT2D eigenvalue weighted by atomic mass is 9.92. The number of aliphatic hydroxyl groups excluding tert-OH is 1. The Hall–Kier alpha value is -2.64. The zero-order valence-electron chi connectivity index (χ0n) is 14.6. The molecule has 2 aliphatic rings. The first-order valence-corrected chi connectivity index (χ1v) is 9.53. The number of aliphatic hydroxyl groups is 1. The number of amides is 1. The van der Waals surface area contributed by atoms with Crippen LogP contribution in [-0.2, 0) is 16.1 Å². The van der Waals surface area contributed by atoms with Gasteiger partial charge in [-0.3, -0.25) is 9.69 Å². The van der Waals surface area contributed by atoms with Crippen LogP contribution in [0.3, 0.4) is 0 Å². The van der Waals surface area contributed by atoms with E-state index < -0.39 is 23.4 Å². The Kier molecular flexibility index (Phi) is 4.49. The normalized spacial score (nSPS) is 22.4. The summed E-state index contributed by atoms with van der Waals surface area (Å²) in [6.45, 7) is 2.12. The predicted molar refractivity (Wildman–Crippen MR) is 97.5 cm³/mol. The number of carboxylic acids is 1. The molecule has 1 saturated heterocycles. The van der Waals surface area contributed by atoms with Gasteiger partial charge in [0.25, 0.3) is 0 Å². The van der Waals surface area contributed by atoms with Gasteiger partial charge in [0, 0.05) is 22.6 Å². The molecule has 4 rings (SSSR count). The minimum Gasteiger partial charge on any atom is -0.543 e. The van der Waals surface area contributed by atoms with Crippen molar-refractivity contribution in [2.75, 3.05) is 0 Å². The molecule has 1 aromatic heterocycles. The van der Waals surface area contributed by atoms with Gasteiger partial charge in [-0.05, 0) is 12.5 Å². The van der Waals surface area contributed by atoms with E-state index in [9.17, 15) is 19.8 Å². The Labute approximate surface area is 160 Å². The number of pyridine rings is 1. The molecule has 0 spiro atoms. The van der Waals surface area contributed by atoms with Crippen LogP contribution in [0.2, 0.25) is 0 Å².